The molecule has 128 valence electrons. The molecule has 0 aliphatic heterocycles. The van der Waals surface area contributed by atoms with E-state index in [1.165, 1.54) is 5.56 Å². The van der Waals surface area contributed by atoms with Crippen LogP contribution >= 0.6 is 0 Å². The summed E-state index contributed by atoms with van der Waals surface area (Å²) in [6, 6.07) is 24.2. The van der Waals surface area contributed by atoms with Gasteiger partial charge in [-0.2, -0.15) is 5.10 Å². The third-order valence-corrected chi connectivity index (χ3v) is 4.11. The lowest BCUT2D eigenvalue weighted by molar-refractivity contribution is 0.277. The molecule has 0 amide bonds. The largest absolute Gasteiger partial charge is 0.390 e. The Morgan fingerprint density at radius 1 is 0.846 bits per heavy atom. The van der Waals surface area contributed by atoms with Crippen molar-refractivity contribution in [1.29, 1.82) is 0 Å². The summed E-state index contributed by atoms with van der Waals surface area (Å²) in [6.45, 7) is -0.0897. The summed E-state index contributed by atoms with van der Waals surface area (Å²) in [7, 11) is 0. The van der Waals surface area contributed by atoms with E-state index >= 15 is 0 Å². The van der Waals surface area contributed by atoms with Gasteiger partial charge in [0.25, 0.3) is 0 Å². The first kappa shape index (κ1) is 16.1. The molecule has 4 aromatic rings. The maximum absolute atomic E-state index is 9.19. The van der Waals surface area contributed by atoms with Gasteiger partial charge in [0.15, 0.2) is 5.82 Å². The smallest absolute Gasteiger partial charge is 0.152 e. The predicted octanol–water partition coefficient (Wildman–Crippen LogP) is 4.37. The van der Waals surface area contributed by atoms with Crippen LogP contribution in [0.2, 0.25) is 0 Å². The summed E-state index contributed by atoms with van der Waals surface area (Å²) >= 11 is 0. The molecule has 5 nitrogen and oxygen atoms in total. The van der Waals surface area contributed by atoms with Gasteiger partial charge in [0.05, 0.1) is 18.0 Å². The molecule has 4 rings (SSSR count). The minimum Gasteiger partial charge on any atom is -0.390 e. The molecule has 0 aliphatic carbocycles. The summed E-state index contributed by atoms with van der Waals surface area (Å²) in [5.74, 6) is 0.709. The van der Waals surface area contributed by atoms with Gasteiger partial charge < -0.3 is 10.4 Å². The third kappa shape index (κ3) is 3.48. The van der Waals surface area contributed by atoms with Crippen LogP contribution in [0.25, 0.3) is 22.4 Å². The number of aromatic nitrogens is 3. The van der Waals surface area contributed by atoms with E-state index in [-0.39, 0.29) is 6.61 Å². The zero-order valence-corrected chi connectivity index (χ0v) is 14.1. The molecule has 0 bridgehead atoms. The molecular weight excluding hydrogens is 324 g/mol. The molecule has 5 heteroatoms. The number of aliphatic hydroxyl groups is 1. The fraction of sp³-hybridized carbons (Fsp3) is 0.0476. The topological polar surface area (TPSA) is 73.8 Å². The molecular formula is C21H18N4O. The Morgan fingerprint density at radius 2 is 1.65 bits per heavy atom. The Labute approximate surface area is 151 Å². The highest BCUT2D eigenvalue weighted by Gasteiger charge is 2.06. The van der Waals surface area contributed by atoms with Crippen molar-refractivity contribution in [3.05, 3.63) is 84.7 Å². The van der Waals surface area contributed by atoms with Crippen molar-refractivity contribution in [3.8, 4) is 22.4 Å². The summed E-state index contributed by atoms with van der Waals surface area (Å²) in [5.41, 5.74) is 5.79. The van der Waals surface area contributed by atoms with Gasteiger partial charge in [-0.1, -0.05) is 48.5 Å². The number of rotatable bonds is 5. The molecule has 2 aromatic carbocycles. The number of nitrogens with one attached hydrogen (secondary N) is 2. The molecule has 0 atom stereocenters. The molecule has 2 heterocycles. The average Bonchev–Trinajstić information content (AvgIpc) is 3.17. The number of benzene rings is 2. The molecule has 2 aromatic heterocycles. The van der Waals surface area contributed by atoms with E-state index in [0.29, 0.717) is 11.5 Å². The SMILES string of the molecule is OCc1cc(Nc2cc(-c3cccc(-c4ccccc4)c3)[nH]n2)ccn1. The monoisotopic (exact) mass is 342 g/mol. The molecule has 0 saturated carbocycles. The zero-order chi connectivity index (χ0) is 17.8. The number of anilines is 2. The summed E-state index contributed by atoms with van der Waals surface area (Å²) in [5, 5.41) is 19.8. The highest BCUT2D eigenvalue weighted by atomic mass is 16.3. The average molecular weight is 342 g/mol. The normalized spacial score (nSPS) is 10.7. The van der Waals surface area contributed by atoms with Crippen molar-refractivity contribution in [3.63, 3.8) is 0 Å². The zero-order valence-electron chi connectivity index (χ0n) is 14.1. The number of aromatic amines is 1. The molecule has 26 heavy (non-hydrogen) atoms. The Bertz CT molecular complexity index is 1010. The van der Waals surface area contributed by atoms with Crippen LogP contribution in [-0.4, -0.2) is 20.3 Å². The van der Waals surface area contributed by atoms with Gasteiger partial charge in [-0.15, -0.1) is 0 Å². The fourth-order valence-corrected chi connectivity index (χ4v) is 2.82. The van der Waals surface area contributed by atoms with E-state index < -0.39 is 0 Å². The maximum Gasteiger partial charge on any atom is 0.152 e. The van der Waals surface area contributed by atoms with Crippen molar-refractivity contribution >= 4 is 11.5 Å². The van der Waals surface area contributed by atoms with Crippen LogP contribution in [0.1, 0.15) is 5.69 Å². The third-order valence-electron chi connectivity index (χ3n) is 4.11. The van der Waals surface area contributed by atoms with Gasteiger partial charge in [-0.3, -0.25) is 10.1 Å². The van der Waals surface area contributed by atoms with Crippen LogP contribution in [0.4, 0.5) is 11.5 Å². The van der Waals surface area contributed by atoms with Crippen LogP contribution in [-0.2, 0) is 6.61 Å². The van der Waals surface area contributed by atoms with Crippen molar-refractivity contribution in [2.24, 2.45) is 0 Å². The number of aliphatic hydroxyl groups excluding tert-OH is 1. The van der Waals surface area contributed by atoms with E-state index in [2.05, 4.69) is 50.8 Å². The lowest BCUT2D eigenvalue weighted by Gasteiger charge is -2.04. The minimum absolute atomic E-state index is 0.0897. The van der Waals surface area contributed by atoms with E-state index in [9.17, 15) is 5.11 Å². The maximum atomic E-state index is 9.19. The number of H-pyrrole nitrogens is 1. The number of nitrogens with zero attached hydrogens (tertiary/aromatic N) is 2. The molecule has 3 N–H and O–H groups in total. The second-order valence-corrected chi connectivity index (χ2v) is 5.93. The first-order valence-corrected chi connectivity index (χ1v) is 8.36. The molecule has 0 spiro atoms. The highest BCUT2D eigenvalue weighted by molar-refractivity contribution is 5.73. The molecule has 0 aliphatic rings. The second kappa shape index (κ2) is 7.21. The standard InChI is InChI=1S/C21H18N4O/c26-14-19-12-18(9-10-22-19)23-21-13-20(24-25-21)17-8-4-7-16(11-17)15-5-2-1-3-6-15/h1-13,26H,14H2,(H2,22,23,24,25). The van der Waals surface area contributed by atoms with Crippen LogP contribution in [0.15, 0.2) is 79.0 Å². The summed E-state index contributed by atoms with van der Waals surface area (Å²) in [6.07, 6.45) is 1.66. The fourth-order valence-electron chi connectivity index (χ4n) is 2.82. The molecule has 0 fully saturated rings. The molecule has 0 radical (unpaired) electrons. The van der Waals surface area contributed by atoms with Crippen LogP contribution in [0.3, 0.4) is 0 Å². The van der Waals surface area contributed by atoms with Gasteiger partial charge in [0.2, 0.25) is 0 Å². The summed E-state index contributed by atoms with van der Waals surface area (Å²) < 4.78 is 0. The Kier molecular flexibility index (Phi) is 4.45. The van der Waals surface area contributed by atoms with Gasteiger partial charge in [-0.05, 0) is 29.3 Å². The molecule has 0 unspecified atom stereocenters. The first-order chi connectivity index (χ1) is 12.8. The van der Waals surface area contributed by atoms with Crippen molar-refractivity contribution < 1.29 is 5.11 Å². The van der Waals surface area contributed by atoms with Crippen molar-refractivity contribution in [2.45, 2.75) is 6.61 Å². The lowest BCUT2D eigenvalue weighted by atomic mass is 10.0. The van der Waals surface area contributed by atoms with E-state index in [1.54, 1.807) is 12.3 Å². The first-order valence-electron chi connectivity index (χ1n) is 8.36. The van der Waals surface area contributed by atoms with Crippen LogP contribution in [0, 0.1) is 0 Å². The lowest BCUT2D eigenvalue weighted by Crippen LogP contribution is -1.94. The van der Waals surface area contributed by atoms with Gasteiger partial charge in [0, 0.05) is 23.5 Å². The van der Waals surface area contributed by atoms with E-state index in [4.69, 9.17) is 0 Å². The molecule has 0 saturated heterocycles. The number of hydrogen-bond acceptors (Lipinski definition) is 4. The summed E-state index contributed by atoms with van der Waals surface area (Å²) in [4.78, 5) is 4.07. The Morgan fingerprint density at radius 3 is 2.50 bits per heavy atom. The van der Waals surface area contributed by atoms with Gasteiger partial charge in [0.1, 0.15) is 0 Å². The highest BCUT2D eigenvalue weighted by Crippen LogP contribution is 2.27. The van der Waals surface area contributed by atoms with Gasteiger partial charge in [-0.25, -0.2) is 0 Å². The second-order valence-electron chi connectivity index (χ2n) is 5.93. The Hall–Kier alpha value is -3.44. The quantitative estimate of drug-likeness (QED) is 0.503. The van der Waals surface area contributed by atoms with Crippen molar-refractivity contribution in [1.82, 2.24) is 15.2 Å². The predicted molar refractivity (Wildman–Crippen MR) is 103 cm³/mol. The minimum atomic E-state index is -0.0897. The van der Waals surface area contributed by atoms with E-state index in [0.717, 1.165) is 22.5 Å². The van der Waals surface area contributed by atoms with Crippen LogP contribution in [0.5, 0.6) is 0 Å². The van der Waals surface area contributed by atoms with Crippen molar-refractivity contribution in [2.75, 3.05) is 5.32 Å². The van der Waals surface area contributed by atoms with E-state index in [1.807, 2.05) is 36.4 Å². The Balaban J connectivity index is 1.58. The van der Waals surface area contributed by atoms with Crippen LogP contribution < -0.4 is 5.32 Å². The van der Waals surface area contributed by atoms with Gasteiger partial charge >= 0.3 is 0 Å². The number of hydrogen-bond donors (Lipinski definition) is 3. The number of pyridine rings is 1.